The van der Waals surface area contributed by atoms with E-state index in [9.17, 15) is 18.0 Å². The summed E-state index contributed by atoms with van der Waals surface area (Å²) in [5.74, 6) is 0.503. The summed E-state index contributed by atoms with van der Waals surface area (Å²) in [4.78, 5) is 21.7. The summed E-state index contributed by atoms with van der Waals surface area (Å²) in [6, 6.07) is 11.7. The van der Waals surface area contributed by atoms with Crippen LogP contribution in [-0.4, -0.2) is 60.0 Å². The second kappa shape index (κ2) is 9.64. The van der Waals surface area contributed by atoms with Gasteiger partial charge < -0.3 is 10.2 Å². The van der Waals surface area contributed by atoms with E-state index in [1.54, 1.807) is 0 Å². The van der Waals surface area contributed by atoms with E-state index in [1.807, 2.05) is 4.90 Å². The Balaban J connectivity index is 1.19. The van der Waals surface area contributed by atoms with Crippen LogP contribution in [0.15, 0.2) is 42.5 Å². The van der Waals surface area contributed by atoms with Gasteiger partial charge in [0.1, 0.15) is 0 Å². The van der Waals surface area contributed by atoms with Crippen LogP contribution in [0.25, 0.3) is 10.2 Å². The molecule has 3 heterocycles. The van der Waals surface area contributed by atoms with Crippen LogP contribution in [0.5, 0.6) is 0 Å². The molecule has 0 unspecified atom stereocenters. The van der Waals surface area contributed by atoms with Gasteiger partial charge in [-0.05, 0) is 67.2 Å². The highest BCUT2D eigenvalue weighted by Gasteiger charge is 2.30. The van der Waals surface area contributed by atoms with Crippen molar-refractivity contribution in [2.24, 2.45) is 0 Å². The molecule has 0 bridgehead atoms. The molecule has 1 amide bonds. The van der Waals surface area contributed by atoms with Crippen molar-refractivity contribution in [3.8, 4) is 0 Å². The minimum absolute atomic E-state index is 0.0428. The largest absolute Gasteiger partial charge is 0.416 e. The predicted molar refractivity (Wildman–Crippen MR) is 127 cm³/mol. The second-order valence-corrected chi connectivity index (χ2v) is 10.1. The third-order valence-corrected chi connectivity index (χ3v) is 7.78. The summed E-state index contributed by atoms with van der Waals surface area (Å²) >= 11 is 1.44. The Morgan fingerprint density at radius 1 is 1.03 bits per heavy atom. The van der Waals surface area contributed by atoms with Crippen LogP contribution in [0.3, 0.4) is 0 Å². The zero-order valence-corrected chi connectivity index (χ0v) is 19.6. The minimum Gasteiger partial charge on any atom is -0.334 e. The van der Waals surface area contributed by atoms with Gasteiger partial charge in [-0.3, -0.25) is 9.69 Å². The Morgan fingerprint density at radius 2 is 1.74 bits per heavy atom. The van der Waals surface area contributed by atoms with Crippen LogP contribution >= 0.6 is 11.3 Å². The number of halogens is 3. The maximum Gasteiger partial charge on any atom is 0.416 e. The van der Waals surface area contributed by atoms with Crippen molar-refractivity contribution in [1.29, 1.82) is 0 Å². The molecule has 2 aromatic carbocycles. The topological polar surface area (TPSA) is 48.5 Å². The zero-order valence-electron chi connectivity index (χ0n) is 18.8. The van der Waals surface area contributed by atoms with Gasteiger partial charge in [0.2, 0.25) is 0 Å². The molecule has 2 aliphatic rings. The summed E-state index contributed by atoms with van der Waals surface area (Å²) in [7, 11) is 0. The normalized spacial score (nSPS) is 18.5. The van der Waals surface area contributed by atoms with Crippen molar-refractivity contribution in [3.63, 3.8) is 0 Å². The summed E-state index contributed by atoms with van der Waals surface area (Å²) < 4.78 is 39.3. The highest BCUT2D eigenvalue weighted by molar-refractivity contribution is 7.20. The van der Waals surface area contributed by atoms with Gasteiger partial charge in [0.25, 0.3) is 5.91 Å². The molecule has 1 N–H and O–H groups in total. The van der Waals surface area contributed by atoms with E-state index < -0.39 is 11.7 Å². The lowest BCUT2D eigenvalue weighted by molar-refractivity contribution is -0.137. The predicted octanol–water partition coefficient (Wildman–Crippen LogP) is 4.74. The minimum atomic E-state index is -4.32. The average molecular weight is 489 g/mol. The lowest BCUT2D eigenvalue weighted by Gasteiger charge is -2.34. The number of aromatic nitrogens is 1. The fourth-order valence-electron chi connectivity index (χ4n) is 4.75. The molecule has 2 aliphatic heterocycles. The van der Waals surface area contributed by atoms with Gasteiger partial charge in [-0.15, -0.1) is 11.3 Å². The zero-order chi connectivity index (χ0) is 23.7. The molecule has 2 fully saturated rings. The number of benzene rings is 2. The van der Waals surface area contributed by atoms with Crippen LogP contribution in [0.4, 0.5) is 13.2 Å². The van der Waals surface area contributed by atoms with Crippen LogP contribution < -0.4 is 5.32 Å². The SMILES string of the molecule is O=C(c1nc2cc(C3CCNCC3)ccc2s1)N1CCN(Cc2ccc(C(F)(F)F)cc2)CC1. The lowest BCUT2D eigenvalue weighted by Crippen LogP contribution is -2.48. The van der Waals surface area contributed by atoms with Crippen molar-refractivity contribution in [3.05, 3.63) is 64.2 Å². The standard InChI is InChI=1S/C25H27F3N4OS/c26-25(27,28)20-4-1-17(2-5-20)16-31-11-13-32(14-12-31)24(33)23-30-21-15-19(3-6-22(21)34-23)18-7-9-29-10-8-18/h1-6,15,18,29H,7-14,16H2. The number of fused-ring (bicyclic) bond motifs is 1. The number of amides is 1. The molecule has 5 nitrogen and oxygen atoms in total. The number of hydrogen-bond donors (Lipinski definition) is 1. The third-order valence-electron chi connectivity index (χ3n) is 6.75. The van der Waals surface area contributed by atoms with E-state index in [0.29, 0.717) is 43.6 Å². The van der Waals surface area contributed by atoms with Gasteiger partial charge in [0, 0.05) is 32.7 Å². The highest BCUT2D eigenvalue weighted by Crippen LogP contribution is 2.31. The number of thiazole rings is 1. The highest BCUT2D eigenvalue weighted by atomic mass is 32.1. The van der Waals surface area contributed by atoms with Gasteiger partial charge in [-0.1, -0.05) is 18.2 Å². The molecule has 0 atom stereocenters. The van der Waals surface area contributed by atoms with Gasteiger partial charge in [0.15, 0.2) is 5.01 Å². The number of piperidine rings is 1. The van der Waals surface area contributed by atoms with E-state index >= 15 is 0 Å². The van der Waals surface area contributed by atoms with E-state index in [2.05, 4.69) is 33.4 Å². The quantitative estimate of drug-likeness (QED) is 0.577. The first-order valence-corrected chi connectivity index (χ1v) is 12.5. The number of nitrogens with zero attached hydrogens (tertiary/aromatic N) is 3. The third kappa shape index (κ3) is 5.11. The van der Waals surface area contributed by atoms with E-state index in [0.717, 1.165) is 53.8 Å². The summed E-state index contributed by atoms with van der Waals surface area (Å²) in [6.07, 6.45) is -2.07. The fourth-order valence-corrected chi connectivity index (χ4v) is 5.66. The van der Waals surface area contributed by atoms with Crippen molar-refractivity contribution >= 4 is 27.5 Å². The summed E-state index contributed by atoms with van der Waals surface area (Å²) in [5, 5.41) is 3.91. The van der Waals surface area contributed by atoms with Crippen LogP contribution in [-0.2, 0) is 12.7 Å². The molecule has 0 aliphatic carbocycles. The molecule has 1 aromatic heterocycles. The number of carbonyl (C=O) groups excluding carboxylic acids is 1. The van der Waals surface area contributed by atoms with Gasteiger partial charge in [-0.2, -0.15) is 13.2 Å². The number of alkyl halides is 3. The maximum atomic E-state index is 13.1. The van der Waals surface area contributed by atoms with Crippen molar-refractivity contribution in [2.45, 2.75) is 31.5 Å². The summed E-state index contributed by atoms with van der Waals surface area (Å²) in [5.41, 5.74) is 2.40. The Morgan fingerprint density at radius 3 is 2.41 bits per heavy atom. The Kier molecular flexibility index (Phi) is 6.59. The first-order valence-electron chi connectivity index (χ1n) is 11.7. The Labute approximate surface area is 200 Å². The molecule has 3 aromatic rings. The van der Waals surface area contributed by atoms with Crippen LogP contribution in [0.1, 0.15) is 45.3 Å². The summed E-state index contributed by atoms with van der Waals surface area (Å²) in [6.45, 7) is 5.16. The molecule has 2 saturated heterocycles. The second-order valence-electron chi connectivity index (χ2n) is 9.03. The molecular formula is C25H27F3N4OS. The first kappa shape index (κ1) is 23.3. The average Bonchev–Trinajstić information content (AvgIpc) is 3.28. The molecule has 0 spiro atoms. The fraction of sp³-hybridized carbons (Fsp3) is 0.440. The Bertz CT molecular complexity index is 1150. The van der Waals surface area contributed by atoms with Crippen LogP contribution in [0.2, 0.25) is 0 Å². The molecule has 0 saturated carbocycles. The smallest absolute Gasteiger partial charge is 0.334 e. The van der Waals surface area contributed by atoms with E-state index in [-0.39, 0.29) is 5.91 Å². The lowest BCUT2D eigenvalue weighted by atomic mass is 9.90. The van der Waals surface area contributed by atoms with Crippen LogP contribution in [0, 0.1) is 0 Å². The van der Waals surface area contributed by atoms with E-state index in [4.69, 9.17) is 0 Å². The monoisotopic (exact) mass is 488 g/mol. The molecule has 0 radical (unpaired) electrons. The van der Waals surface area contributed by atoms with Gasteiger partial charge in [-0.25, -0.2) is 4.98 Å². The number of hydrogen-bond acceptors (Lipinski definition) is 5. The number of nitrogens with one attached hydrogen (secondary N) is 1. The molecule has 34 heavy (non-hydrogen) atoms. The molecular weight excluding hydrogens is 461 g/mol. The molecule has 9 heteroatoms. The molecule has 5 rings (SSSR count). The first-order chi connectivity index (χ1) is 16.4. The number of piperazine rings is 1. The number of rotatable bonds is 4. The molecule has 180 valence electrons. The Hall–Kier alpha value is -2.49. The van der Waals surface area contributed by atoms with Crippen molar-refractivity contribution in [1.82, 2.24) is 20.1 Å². The van der Waals surface area contributed by atoms with E-state index in [1.165, 1.54) is 29.0 Å². The van der Waals surface area contributed by atoms with Crippen molar-refractivity contribution < 1.29 is 18.0 Å². The van der Waals surface area contributed by atoms with Crippen molar-refractivity contribution in [2.75, 3.05) is 39.3 Å². The maximum absolute atomic E-state index is 13.1. The van der Waals surface area contributed by atoms with Gasteiger partial charge in [0.05, 0.1) is 15.8 Å². The van der Waals surface area contributed by atoms with Gasteiger partial charge >= 0.3 is 6.18 Å². The number of carbonyl (C=O) groups is 1.